The molecule has 0 amide bonds. The Balaban J connectivity index is 2.09. The van der Waals surface area contributed by atoms with E-state index in [0.29, 0.717) is 5.92 Å². The monoisotopic (exact) mass is 325 g/mol. The maximum absolute atomic E-state index is 5.50. The predicted molar refractivity (Wildman–Crippen MR) is 60.6 cm³/mol. The Morgan fingerprint density at radius 3 is 3.08 bits per heavy atom. The standard InChI is InChI=1S/C8H9Br2NOS/c9-8(10)3-6(1-2-12-8)7-4-13-5-11-7/h4-6H,1-3H2. The van der Waals surface area contributed by atoms with Crippen LogP contribution >= 0.6 is 43.2 Å². The summed E-state index contributed by atoms with van der Waals surface area (Å²) < 4.78 is 5.16. The van der Waals surface area contributed by atoms with Crippen molar-refractivity contribution < 1.29 is 4.74 Å². The molecule has 2 heterocycles. The van der Waals surface area contributed by atoms with Crippen LogP contribution in [0.5, 0.6) is 0 Å². The maximum atomic E-state index is 5.50. The number of thiazole rings is 1. The number of ether oxygens (including phenoxy) is 1. The van der Waals surface area contributed by atoms with Gasteiger partial charge in [-0.25, -0.2) is 4.98 Å². The molecule has 1 aliphatic heterocycles. The van der Waals surface area contributed by atoms with Crippen LogP contribution in [0.15, 0.2) is 10.9 Å². The largest absolute Gasteiger partial charge is 0.354 e. The normalized spacial score (nSPS) is 27.4. The van der Waals surface area contributed by atoms with Crippen LogP contribution in [-0.4, -0.2) is 15.0 Å². The van der Waals surface area contributed by atoms with Gasteiger partial charge in [-0.1, -0.05) is 0 Å². The zero-order valence-electron chi connectivity index (χ0n) is 6.87. The number of nitrogens with zero attached hydrogens (tertiary/aromatic N) is 1. The molecule has 0 spiro atoms. The molecule has 1 saturated heterocycles. The van der Waals surface area contributed by atoms with E-state index >= 15 is 0 Å². The second-order valence-electron chi connectivity index (χ2n) is 3.09. The van der Waals surface area contributed by atoms with Crippen molar-refractivity contribution in [2.24, 2.45) is 0 Å². The van der Waals surface area contributed by atoms with Gasteiger partial charge in [0.25, 0.3) is 0 Å². The second kappa shape index (κ2) is 3.96. The molecule has 0 saturated carbocycles. The summed E-state index contributed by atoms with van der Waals surface area (Å²) in [4.78, 5) is 4.33. The fourth-order valence-corrected chi connectivity index (χ4v) is 3.22. The number of rotatable bonds is 1. The van der Waals surface area contributed by atoms with Crippen LogP contribution in [0.25, 0.3) is 0 Å². The Morgan fingerprint density at radius 1 is 1.62 bits per heavy atom. The molecule has 72 valence electrons. The molecular weight excluding hydrogens is 318 g/mol. The Bertz CT molecular complexity index is 276. The summed E-state index contributed by atoms with van der Waals surface area (Å²) in [6.07, 6.45) is 1.99. The Labute approximate surface area is 98.0 Å². The van der Waals surface area contributed by atoms with Gasteiger partial charge in [0.1, 0.15) is 0 Å². The van der Waals surface area contributed by atoms with E-state index in [0.717, 1.165) is 19.4 Å². The van der Waals surface area contributed by atoms with Crippen LogP contribution in [-0.2, 0) is 4.74 Å². The van der Waals surface area contributed by atoms with Crippen molar-refractivity contribution in [1.29, 1.82) is 0 Å². The lowest BCUT2D eigenvalue weighted by Crippen LogP contribution is -2.27. The zero-order chi connectivity index (χ0) is 9.31. The van der Waals surface area contributed by atoms with Crippen LogP contribution in [0.3, 0.4) is 0 Å². The van der Waals surface area contributed by atoms with Gasteiger partial charge >= 0.3 is 0 Å². The second-order valence-corrected chi connectivity index (χ2v) is 7.43. The summed E-state index contributed by atoms with van der Waals surface area (Å²) in [5, 5.41) is 2.12. The third kappa shape index (κ3) is 2.52. The molecule has 0 radical (unpaired) electrons. The molecule has 1 atom stereocenters. The van der Waals surface area contributed by atoms with E-state index in [1.54, 1.807) is 11.3 Å². The van der Waals surface area contributed by atoms with E-state index in [9.17, 15) is 0 Å². The molecule has 1 fully saturated rings. The number of hydrogen-bond donors (Lipinski definition) is 0. The van der Waals surface area contributed by atoms with Crippen molar-refractivity contribution in [3.8, 4) is 0 Å². The molecule has 5 heteroatoms. The van der Waals surface area contributed by atoms with Crippen LogP contribution in [0.1, 0.15) is 24.5 Å². The van der Waals surface area contributed by atoms with E-state index in [1.165, 1.54) is 5.69 Å². The maximum Gasteiger partial charge on any atom is 0.178 e. The lowest BCUT2D eigenvalue weighted by molar-refractivity contribution is 0.0482. The van der Waals surface area contributed by atoms with Gasteiger partial charge in [-0.05, 0) is 38.3 Å². The quantitative estimate of drug-likeness (QED) is 0.737. The summed E-state index contributed by atoms with van der Waals surface area (Å²) in [5.41, 5.74) is 3.08. The first-order chi connectivity index (χ1) is 6.17. The van der Waals surface area contributed by atoms with Crippen LogP contribution in [0.2, 0.25) is 0 Å². The Morgan fingerprint density at radius 2 is 2.46 bits per heavy atom. The van der Waals surface area contributed by atoms with Gasteiger partial charge in [-0.3, -0.25) is 0 Å². The van der Waals surface area contributed by atoms with Gasteiger partial charge in [-0.2, -0.15) is 0 Å². The van der Waals surface area contributed by atoms with Gasteiger partial charge < -0.3 is 4.74 Å². The average Bonchev–Trinajstić information content (AvgIpc) is 2.53. The first kappa shape index (κ1) is 10.1. The summed E-state index contributed by atoms with van der Waals surface area (Å²) >= 11 is 8.63. The molecule has 0 N–H and O–H groups in total. The third-order valence-electron chi connectivity index (χ3n) is 2.13. The van der Waals surface area contributed by atoms with E-state index < -0.39 is 0 Å². The zero-order valence-corrected chi connectivity index (χ0v) is 10.9. The molecule has 1 aromatic rings. The lowest BCUT2D eigenvalue weighted by Gasteiger charge is -2.31. The fraction of sp³-hybridized carbons (Fsp3) is 0.625. The predicted octanol–water partition coefficient (Wildman–Crippen LogP) is 3.48. The third-order valence-corrected chi connectivity index (χ3v) is 3.84. The SMILES string of the molecule is BrC1(Br)CC(c2cscn2)CCO1. The number of halogens is 2. The van der Waals surface area contributed by atoms with Crippen molar-refractivity contribution in [1.82, 2.24) is 4.98 Å². The summed E-state index contributed by atoms with van der Waals surface area (Å²) in [5.74, 6) is 0.513. The topological polar surface area (TPSA) is 22.1 Å². The summed E-state index contributed by atoms with van der Waals surface area (Å²) in [7, 11) is 0. The van der Waals surface area contributed by atoms with E-state index in [4.69, 9.17) is 4.74 Å². The molecule has 2 nitrogen and oxygen atoms in total. The molecule has 13 heavy (non-hydrogen) atoms. The minimum atomic E-state index is -0.341. The lowest BCUT2D eigenvalue weighted by atomic mass is 9.97. The fourth-order valence-electron chi connectivity index (χ4n) is 1.47. The molecule has 1 aromatic heterocycles. The highest BCUT2D eigenvalue weighted by Gasteiger charge is 2.33. The molecule has 1 unspecified atom stereocenters. The highest BCUT2D eigenvalue weighted by molar-refractivity contribution is 9.25. The Kier molecular flexibility index (Phi) is 3.07. The van der Waals surface area contributed by atoms with Crippen molar-refractivity contribution in [2.75, 3.05) is 6.61 Å². The van der Waals surface area contributed by atoms with Crippen molar-refractivity contribution in [2.45, 2.75) is 22.2 Å². The summed E-state index contributed by atoms with van der Waals surface area (Å²) in [6.45, 7) is 0.776. The van der Waals surface area contributed by atoms with Crippen LogP contribution in [0.4, 0.5) is 0 Å². The van der Waals surface area contributed by atoms with Crippen LogP contribution < -0.4 is 0 Å². The van der Waals surface area contributed by atoms with Gasteiger partial charge in [0, 0.05) is 17.7 Å². The Hall–Kier alpha value is 0.550. The van der Waals surface area contributed by atoms with Gasteiger partial charge in [0.05, 0.1) is 17.8 Å². The minimum Gasteiger partial charge on any atom is -0.354 e. The highest BCUT2D eigenvalue weighted by atomic mass is 79.9. The van der Waals surface area contributed by atoms with Gasteiger partial charge in [0.2, 0.25) is 0 Å². The van der Waals surface area contributed by atoms with E-state index in [1.807, 2.05) is 5.51 Å². The molecule has 1 aliphatic rings. The first-order valence-corrected chi connectivity index (χ1v) is 6.60. The van der Waals surface area contributed by atoms with Gasteiger partial charge in [0.15, 0.2) is 3.42 Å². The van der Waals surface area contributed by atoms with E-state index in [2.05, 4.69) is 42.2 Å². The van der Waals surface area contributed by atoms with E-state index in [-0.39, 0.29) is 3.42 Å². The highest BCUT2D eigenvalue weighted by Crippen LogP contribution is 2.43. The summed E-state index contributed by atoms with van der Waals surface area (Å²) in [6, 6.07) is 0. The van der Waals surface area contributed by atoms with Crippen molar-refractivity contribution in [3.05, 3.63) is 16.6 Å². The van der Waals surface area contributed by atoms with Crippen molar-refractivity contribution in [3.63, 3.8) is 0 Å². The van der Waals surface area contributed by atoms with Crippen molar-refractivity contribution >= 4 is 43.2 Å². The minimum absolute atomic E-state index is 0.341. The average molecular weight is 327 g/mol. The molecule has 0 aliphatic carbocycles. The first-order valence-electron chi connectivity index (χ1n) is 4.07. The molecule has 2 rings (SSSR count). The number of hydrogen-bond acceptors (Lipinski definition) is 3. The smallest absolute Gasteiger partial charge is 0.178 e. The molecular formula is C8H9Br2NOS. The molecule has 0 aromatic carbocycles. The van der Waals surface area contributed by atoms with Crippen LogP contribution in [0, 0.1) is 0 Å². The number of aromatic nitrogens is 1. The number of alkyl halides is 2. The molecule has 0 bridgehead atoms. The van der Waals surface area contributed by atoms with Gasteiger partial charge in [-0.15, -0.1) is 11.3 Å².